The molecule has 192 valence electrons. The molecule has 2 aromatic heterocycles. The van der Waals surface area contributed by atoms with Crippen molar-refractivity contribution in [2.45, 2.75) is 80.8 Å². The summed E-state index contributed by atoms with van der Waals surface area (Å²) in [6.07, 6.45) is 4.42. The number of aromatic nitrogens is 3. The van der Waals surface area contributed by atoms with Crippen LogP contribution < -0.4 is 10.6 Å². The summed E-state index contributed by atoms with van der Waals surface area (Å²) >= 11 is 1.69. The number of thioether (sulfide) groups is 1. The molecule has 1 amide bonds. The highest BCUT2D eigenvalue weighted by atomic mass is 32.2. The van der Waals surface area contributed by atoms with Gasteiger partial charge in [-0.1, -0.05) is 25.3 Å². The molecule has 2 N–H and O–H groups in total. The van der Waals surface area contributed by atoms with Gasteiger partial charge < -0.3 is 10.6 Å². The van der Waals surface area contributed by atoms with E-state index in [0.29, 0.717) is 22.1 Å². The first-order chi connectivity index (χ1) is 17.3. The van der Waals surface area contributed by atoms with Crippen LogP contribution in [0.4, 0.5) is 18.9 Å². The van der Waals surface area contributed by atoms with E-state index in [1.807, 2.05) is 31.2 Å². The zero-order valence-corrected chi connectivity index (χ0v) is 21.0. The van der Waals surface area contributed by atoms with Crippen LogP contribution in [0.15, 0.2) is 35.5 Å². The van der Waals surface area contributed by atoms with Gasteiger partial charge in [-0.25, -0.2) is 9.50 Å². The number of amides is 1. The lowest BCUT2D eigenvalue weighted by Crippen LogP contribution is -2.26. The van der Waals surface area contributed by atoms with Crippen LogP contribution in [-0.4, -0.2) is 44.5 Å². The number of anilines is 1. The number of hydrogen-bond donors (Lipinski definition) is 2. The summed E-state index contributed by atoms with van der Waals surface area (Å²) < 4.78 is 40.1. The third-order valence-corrected chi connectivity index (χ3v) is 7.93. The Morgan fingerprint density at radius 3 is 2.61 bits per heavy atom. The predicted octanol–water partition coefficient (Wildman–Crippen LogP) is 6.39. The second-order valence-electron chi connectivity index (χ2n) is 9.72. The van der Waals surface area contributed by atoms with E-state index in [2.05, 4.69) is 15.6 Å². The number of imidazole rings is 1. The van der Waals surface area contributed by atoms with E-state index < -0.39 is 12.6 Å². The molecule has 0 radical (unpaired) electrons. The van der Waals surface area contributed by atoms with Gasteiger partial charge in [0, 0.05) is 29.0 Å². The van der Waals surface area contributed by atoms with Gasteiger partial charge in [0.25, 0.3) is 5.91 Å². The van der Waals surface area contributed by atoms with Crippen molar-refractivity contribution >= 4 is 29.0 Å². The van der Waals surface area contributed by atoms with Crippen LogP contribution in [-0.2, 0) is 0 Å². The van der Waals surface area contributed by atoms with Gasteiger partial charge in [-0.3, -0.25) is 4.79 Å². The molecule has 3 aromatic rings. The Labute approximate surface area is 212 Å². The van der Waals surface area contributed by atoms with Crippen LogP contribution in [0.1, 0.15) is 67.3 Å². The third-order valence-electron chi connectivity index (χ3n) is 6.69. The molecule has 0 unspecified atom stereocenters. The van der Waals surface area contributed by atoms with Crippen molar-refractivity contribution < 1.29 is 18.0 Å². The highest BCUT2D eigenvalue weighted by Gasteiger charge is 2.27. The van der Waals surface area contributed by atoms with Crippen LogP contribution in [0.3, 0.4) is 0 Å². The lowest BCUT2D eigenvalue weighted by atomic mass is 10.0. The maximum Gasteiger partial charge on any atom is 0.390 e. The highest BCUT2D eigenvalue weighted by Crippen LogP contribution is 2.35. The van der Waals surface area contributed by atoms with Crippen molar-refractivity contribution in [2.24, 2.45) is 0 Å². The van der Waals surface area contributed by atoms with Crippen LogP contribution in [0.5, 0.6) is 0 Å². The Morgan fingerprint density at radius 1 is 1.14 bits per heavy atom. The zero-order valence-electron chi connectivity index (χ0n) is 20.2. The molecule has 0 aliphatic heterocycles. The molecular weight excluding hydrogens is 487 g/mol. The van der Waals surface area contributed by atoms with Gasteiger partial charge in [-0.15, -0.1) is 11.8 Å². The minimum Gasteiger partial charge on any atom is -0.382 e. The van der Waals surface area contributed by atoms with Gasteiger partial charge in [0.05, 0.1) is 24.0 Å². The van der Waals surface area contributed by atoms with Gasteiger partial charge in [0.15, 0.2) is 5.65 Å². The van der Waals surface area contributed by atoms with Crippen molar-refractivity contribution in [1.82, 2.24) is 19.9 Å². The summed E-state index contributed by atoms with van der Waals surface area (Å²) in [4.78, 5) is 17.0. The van der Waals surface area contributed by atoms with E-state index in [1.165, 1.54) is 19.3 Å². The number of alkyl halides is 3. The van der Waals surface area contributed by atoms with E-state index in [-0.39, 0.29) is 18.5 Å². The number of aryl methyl sites for hydroxylation is 1. The number of nitrogens with zero attached hydrogens (tertiary/aromatic N) is 3. The summed E-state index contributed by atoms with van der Waals surface area (Å²) in [5.41, 5.74) is 4.07. The maximum absolute atomic E-state index is 12.8. The molecule has 2 heterocycles. The van der Waals surface area contributed by atoms with E-state index in [0.717, 1.165) is 47.5 Å². The first-order valence-electron chi connectivity index (χ1n) is 12.5. The van der Waals surface area contributed by atoms with E-state index in [1.54, 1.807) is 22.5 Å². The van der Waals surface area contributed by atoms with Crippen LogP contribution in [0.25, 0.3) is 16.9 Å². The number of carbonyl (C=O) groups is 1. The van der Waals surface area contributed by atoms with Crippen LogP contribution >= 0.6 is 11.8 Å². The molecule has 0 bridgehead atoms. The molecule has 6 nitrogen and oxygen atoms in total. The van der Waals surface area contributed by atoms with Crippen molar-refractivity contribution in [1.29, 1.82) is 0 Å². The molecular formula is C26H30F3N5OS. The summed E-state index contributed by atoms with van der Waals surface area (Å²) in [5.74, 6) is -0.0693. The summed E-state index contributed by atoms with van der Waals surface area (Å²) in [7, 11) is 0. The molecule has 2 aliphatic rings. The second-order valence-corrected chi connectivity index (χ2v) is 11.0. The largest absolute Gasteiger partial charge is 0.390 e. The molecule has 0 spiro atoms. The summed E-state index contributed by atoms with van der Waals surface area (Å²) in [5, 5.41) is 12.0. The molecule has 2 saturated carbocycles. The van der Waals surface area contributed by atoms with Crippen LogP contribution in [0.2, 0.25) is 0 Å². The summed E-state index contributed by atoms with van der Waals surface area (Å²) in [6, 6.07) is 7.72. The second kappa shape index (κ2) is 10.3. The number of benzene rings is 1. The van der Waals surface area contributed by atoms with Crippen LogP contribution in [0, 0.1) is 6.92 Å². The fourth-order valence-electron chi connectivity index (χ4n) is 4.59. The molecule has 2 fully saturated rings. The van der Waals surface area contributed by atoms with Gasteiger partial charge in [0.2, 0.25) is 0 Å². The number of hydrogen-bond acceptors (Lipinski definition) is 5. The molecule has 0 saturated heterocycles. The lowest BCUT2D eigenvalue weighted by molar-refractivity contribution is -0.131. The molecule has 0 atom stereocenters. The smallest absolute Gasteiger partial charge is 0.382 e. The van der Waals surface area contributed by atoms with Crippen molar-refractivity contribution in [2.75, 3.05) is 11.9 Å². The minimum absolute atomic E-state index is 0.0693. The normalized spacial score (nSPS) is 16.9. The van der Waals surface area contributed by atoms with Gasteiger partial charge in [-0.05, 0) is 56.4 Å². The monoisotopic (exact) mass is 517 g/mol. The molecule has 1 aromatic carbocycles. The Hall–Kier alpha value is -2.75. The van der Waals surface area contributed by atoms with Gasteiger partial charge in [0.1, 0.15) is 5.03 Å². The first-order valence-corrected chi connectivity index (χ1v) is 13.4. The van der Waals surface area contributed by atoms with Crippen molar-refractivity contribution in [3.05, 3.63) is 41.6 Å². The number of halogens is 3. The molecule has 2 aliphatic carbocycles. The maximum atomic E-state index is 12.8. The average molecular weight is 518 g/mol. The van der Waals surface area contributed by atoms with Gasteiger partial charge >= 0.3 is 6.18 Å². The fourth-order valence-corrected chi connectivity index (χ4v) is 5.82. The van der Waals surface area contributed by atoms with E-state index >= 15 is 0 Å². The Kier molecular flexibility index (Phi) is 7.14. The standard InChI is InChI=1S/C26H30F3N5OS/c1-16-13-17(7-10-20(16)25(35)32-18-8-9-18)22-15-31-24-21(30-12-11-26(27,28)29)14-23(33-34(22)24)36-19-5-3-2-4-6-19/h7,10,13-15,18-19,30H,2-6,8-9,11-12H2,1H3,(H,32,35). The Balaban J connectivity index is 1.47. The first kappa shape index (κ1) is 24.9. The van der Waals surface area contributed by atoms with Crippen molar-refractivity contribution in [3.8, 4) is 11.3 Å². The Bertz CT molecular complexity index is 1250. The van der Waals surface area contributed by atoms with E-state index in [9.17, 15) is 18.0 Å². The number of nitrogens with one attached hydrogen (secondary N) is 2. The average Bonchev–Trinajstić information content (AvgIpc) is 3.54. The number of rotatable bonds is 8. The summed E-state index contributed by atoms with van der Waals surface area (Å²) in [6.45, 7) is 1.67. The third kappa shape index (κ3) is 5.96. The molecule has 36 heavy (non-hydrogen) atoms. The molecule has 10 heteroatoms. The Morgan fingerprint density at radius 2 is 1.92 bits per heavy atom. The highest BCUT2D eigenvalue weighted by molar-refractivity contribution is 7.99. The SMILES string of the molecule is Cc1cc(-c2cnc3c(NCCC(F)(F)F)cc(SC4CCCCC4)nn23)ccc1C(=O)NC1CC1. The minimum atomic E-state index is -4.23. The van der Waals surface area contributed by atoms with Crippen molar-refractivity contribution in [3.63, 3.8) is 0 Å². The predicted molar refractivity (Wildman–Crippen MR) is 136 cm³/mol. The lowest BCUT2D eigenvalue weighted by Gasteiger charge is -2.21. The fraction of sp³-hybridized carbons (Fsp3) is 0.500. The van der Waals surface area contributed by atoms with Gasteiger partial charge in [-0.2, -0.15) is 18.3 Å². The quantitative estimate of drug-likeness (QED) is 0.363. The number of carbonyl (C=O) groups excluding carboxylic acids is 1. The zero-order chi connectivity index (χ0) is 25.3. The van der Waals surface area contributed by atoms with E-state index in [4.69, 9.17) is 5.10 Å². The molecule has 5 rings (SSSR count). The topological polar surface area (TPSA) is 71.3 Å². The number of fused-ring (bicyclic) bond motifs is 1.